The van der Waals surface area contributed by atoms with E-state index >= 15 is 0 Å². The van der Waals surface area contributed by atoms with Crippen molar-refractivity contribution in [1.29, 1.82) is 0 Å². The molecule has 2 aromatic heterocycles. The molecule has 4 rings (SSSR count). The minimum atomic E-state index is -0.564. The van der Waals surface area contributed by atoms with E-state index in [-0.39, 0.29) is 18.6 Å². The van der Waals surface area contributed by atoms with Gasteiger partial charge in [-0.2, -0.15) is 0 Å². The fourth-order valence-corrected chi connectivity index (χ4v) is 3.31. The monoisotopic (exact) mass is 391 g/mol. The number of benzene rings is 1. The molecule has 1 N–H and O–H groups in total. The summed E-state index contributed by atoms with van der Waals surface area (Å²) in [5.74, 6) is -0.909. The van der Waals surface area contributed by atoms with Crippen LogP contribution in [0.4, 0.5) is 0 Å². The van der Waals surface area contributed by atoms with Gasteiger partial charge in [-0.15, -0.1) is 0 Å². The van der Waals surface area contributed by atoms with Crippen LogP contribution in [0.3, 0.4) is 0 Å². The number of ether oxygens (including phenoxy) is 2. The number of carbonyl (C=O) groups is 2. The molecule has 3 heterocycles. The lowest BCUT2D eigenvalue weighted by Gasteiger charge is -2.12. The molecule has 1 atom stereocenters. The lowest BCUT2D eigenvalue weighted by atomic mass is 10.0. The van der Waals surface area contributed by atoms with Gasteiger partial charge in [0.2, 0.25) is 0 Å². The lowest BCUT2D eigenvalue weighted by molar-refractivity contribution is -0.124. The van der Waals surface area contributed by atoms with Crippen LogP contribution in [0.1, 0.15) is 23.2 Å². The Bertz CT molecular complexity index is 1020. The number of fused-ring (bicyclic) bond motifs is 1. The van der Waals surface area contributed by atoms with Gasteiger partial charge in [-0.25, -0.2) is 9.78 Å². The van der Waals surface area contributed by atoms with Gasteiger partial charge in [0.1, 0.15) is 0 Å². The zero-order chi connectivity index (χ0) is 20.1. The van der Waals surface area contributed by atoms with Crippen LogP contribution < -0.4 is 5.32 Å². The first-order valence-electron chi connectivity index (χ1n) is 9.56. The number of amides is 1. The molecule has 0 aliphatic carbocycles. The molecule has 29 heavy (non-hydrogen) atoms. The molecule has 0 spiro atoms. The van der Waals surface area contributed by atoms with E-state index in [1.165, 1.54) is 0 Å². The molecule has 1 aromatic carbocycles. The van der Waals surface area contributed by atoms with Crippen LogP contribution in [0.25, 0.3) is 22.2 Å². The SMILES string of the molecule is O=C(COC(=O)c1cc(-c2ccncc2)nc2ccccc12)NCC1CCCO1. The summed E-state index contributed by atoms with van der Waals surface area (Å²) in [6, 6.07) is 12.7. The molecule has 3 aromatic rings. The summed E-state index contributed by atoms with van der Waals surface area (Å²) >= 11 is 0. The van der Waals surface area contributed by atoms with Crippen molar-refractivity contribution in [2.75, 3.05) is 19.8 Å². The molecule has 1 fully saturated rings. The van der Waals surface area contributed by atoms with E-state index in [0.29, 0.717) is 28.7 Å². The van der Waals surface area contributed by atoms with E-state index in [2.05, 4.69) is 15.3 Å². The topological polar surface area (TPSA) is 90.4 Å². The van der Waals surface area contributed by atoms with Gasteiger partial charge in [0.15, 0.2) is 6.61 Å². The molecule has 1 aliphatic rings. The van der Waals surface area contributed by atoms with Crippen LogP contribution in [0.15, 0.2) is 54.9 Å². The first kappa shape index (κ1) is 19.0. The largest absolute Gasteiger partial charge is 0.452 e. The summed E-state index contributed by atoms with van der Waals surface area (Å²) in [5.41, 5.74) is 2.53. The van der Waals surface area contributed by atoms with Gasteiger partial charge in [-0.1, -0.05) is 18.2 Å². The quantitative estimate of drug-likeness (QED) is 0.650. The number of carbonyl (C=O) groups excluding carboxylic acids is 2. The minimum absolute atomic E-state index is 0.0433. The minimum Gasteiger partial charge on any atom is -0.452 e. The van der Waals surface area contributed by atoms with E-state index in [1.807, 2.05) is 36.4 Å². The highest BCUT2D eigenvalue weighted by Gasteiger charge is 2.18. The van der Waals surface area contributed by atoms with Crippen molar-refractivity contribution >= 4 is 22.8 Å². The third kappa shape index (κ3) is 4.57. The van der Waals surface area contributed by atoms with E-state index in [9.17, 15) is 9.59 Å². The third-order valence-electron chi connectivity index (χ3n) is 4.80. The maximum Gasteiger partial charge on any atom is 0.339 e. The van der Waals surface area contributed by atoms with Gasteiger partial charge >= 0.3 is 5.97 Å². The summed E-state index contributed by atoms with van der Waals surface area (Å²) in [6.07, 6.45) is 5.32. The smallest absolute Gasteiger partial charge is 0.339 e. The highest BCUT2D eigenvalue weighted by atomic mass is 16.5. The number of para-hydroxylation sites is 1. The molecule has 1 aliphatic heterocycles. The zero-order valence-electron chi connectivity index (χ0n) is 15.8. The van der Waals surface area contributed by atoms with Crippen LogP contribution in [0.2, 0.25) is 0 Å². The number of hydrogen-bond acceptors (Lipinski definition) is 6. The standard InChI is InChI=1S/C22H21N3O4/c26-21(24-13-16-4-3-11-28-16)14-29-22(27)18-12-20(15-7-9-23-10-8-15)25-19-6-2-1-5-17(18)19/h1-2,5-10,12,16H,3-4,11,13-14H2,(H,24,26). The predicted molar refractivity (Wildman–Crippen MR) is 107 cm³/mol. The summed E-state index contributed by atoms with van der Waals surface area (Å²) in [6.45, 7) is 0.817. The van der Waals surface area contributed by atoms with E-state index < -0.39 is 5.97 Å². The van der Waals surface area contributed by atoms with Gasteiger partial charge in [0, 0.05) is 36.5 Å². The second kappa shape index (κ2) is 8.79. The number of rotatable bonds is 6. The first-order chi connectivity index (χ1) is 14.2. The molecular weight excluding hydrogens is 370 g/mol. The van der Waals surface area contributed by atoms with Crippen LogP contribution in [-0.2, 0) is 14.3 Å². The Kier molecular flexibility index (Phi) is 5.76. The molecule has 0 bridgehead atoms. The number of hydrogen-bond donors (Lipinski definition) is 1. The Labute approximate surface area is 168 Å². The van der Waals surface area contributed by atoms with Crippen LogP contribution in [-0.4, -0.2) is 47.7 Å². The summed E-state index contributed by atoms with van der Waals surface area (Å²) in [5, 5.41) is 3.42. The summed E-state index contributed by atoms with van der Waals surface area (Å²) < 4.78 is 10.7. The number of esters is 1. The molecule has 7 heteroatoms. The van der Waals surface area contributed by atoms with Crippen molar-refractivity contribution < 1.29 is 19.1 Å². The molecule has 1 saturated heterocycles. The average Bonchev–Trinajstić information content (AvgIpc) is 3.29. The average molecular weight is 391 g/mol. The Morgan fingerprint density at radius 1 is 1.17 bits per heavy atom. The van der Waals surface area contributed by atoms with Gasteiger partial charge in [0.05, 0.1) is 22.9 Å². The van der Waals surface area contributed by atoms with Crippen molar-refractivity contribution in [2.24, 2.45) is 0 Å². The molecule has 0 saturated carbocycles. The van der Waals surface area contributed by atoms with E-state index in [1.54, 1.807) is 18.5 Å². The molecule has 148 valence electrons. The van der Waals surface area contributed by atoms with Crippen molar-refractivity contribution in [3.63, 3.8) is 0 Å². The molecule has 1 amide bonds. The van der Waals surface area contributed by atoms with Crippen molar-refractivity contribution in [1.82, 2.24) is 15.3 Å². The summed E-state index contributed by atoms with van der Waals surface area (Å²) in [4.78, 5) is 33.4. The van der Waals surface area contributed by atoms with Gasteiger partial charge in [-0.3, -0.25) is 9.78 Å². The fourth-order valence-electron chi connectivity index (χ4n) is 3.31. The van der Waals surface area contributed by atoms with Crippen LogP contribution in [0.5, 0.6) is 0 Å². The third-order valence-corrected chi connectivity index (χ3v) is 4.80. The lowest BCUT2D eigenvalue weighted by Crippen LogP contribution is -2.34. The summed E-state index contributed by atoms with van der Waals surface area (Å²) in [7, 11) is 0. The molecule has 7 nitrogen and oxygen atoms in total. The number of pyridine rings is 2. The maximum atomic E-state index is 12.7. The number of nitrogens with one attached hydrogen (secondary N) is 1. The van der Waals surface area contributed by atoms with Crippen molar-refractivity contribution in [2.45, 2.75) is 18.9 Å². The molecule has 0 radical (unpaired) electrons. The van der Waals surface area contributed by atoms with Crippen LogP contribution >= 0.6 is 0 Å². The number of aromatic nitrogens is 2. The van der Waals surface area contributed by atoms with Crippen molar-refractivity contribution in [3.8, 4) is 11.3 Å². The highest BCUT2D eigenvalue weighted by molar-refractivity contribution is 6.05. The second-order valence-electron chi connectivity index (χ2n) is 6.82. The first-order valence-corrected chi connectivity index (χ1v) is 9.56. The molecule has 1 unspecified atom stereocenters. The van der Waals surface area contributed by atoms with Gasteiger partial charge in [-0.05, 0) is 37.1 Å². The predicted octanol–water partition coefficient (Wildman–Crippen LogP) is 2.75. The normalized spacial score (nSPS) is 15.9. The number of nitrogens with zero attached hydrogens (tertiary/aromatic N) is 2. The zero-order valence-corrected chi connectivity index (χ0v) is 15.8. The van der Waals surface area contributed by atoms with E-state index in [0.717, 1.165) is 25.0 Å². The van der Waals surface area contributed by atoms with E-state index in [4.69, 9.17) is 9.47 Å². The molecular formula is C22H21N3O4. The fraction of sp³-hybridized carbons (Fsp3) is 0.273. The Balaban J connectivity index is 1.49. The second-order valence-corrected chi connectivity index (χ2v) is 6.82. The Morgan fingerprint density at radius 2 is 2.00 bits per heavy atom. The van der Waals surface area contributed by atoms with Crippen molar-refractivity contribution in [3.05, 3.63) is 60.4 Å². The van der Waals surface area contributed by atoms with Gasteiger partial charge in [0.25, 0.3) is 5.91 Å². The Morgan fingerprint density at radius 3 is 2.79 bits per heavy atom. The van der Waals surface area contributed by atoms with Gasteiger partial charge < -0.3 is 14.8 Å². The highest BCUT2D eigenvalue weighted by Crippen LogP contribution is 2.25. The maximum absolute atomic E-state index is 12.7. The van der Waals surface area contributed by atoms with Crippen LogP contribution in [0, 0.1) is 0 Å². The Hall–Kier alpha value is -3.32.